The van der Waals surface area contributed by atoms with E-state index in [1.807, 2.05) is 0 Å². The maximum atomic E-state index is 9.96. The average molecular weight is 217 g/mol. The minimum absolute atomic E-state index is 0.244. The fourth-order valence-corrected chi connectivity index (χ4v) is 0.518. The van der Waals surface area contributed by atoms with Crippen LogP contribution >= 0.6 is 0 Å². The standard InChI is InChI=1S/C5H9NO4.C2H3BO2/c1-6(2-4(7)8)3-5(9)10;1-2-3(4)5/h2-3H2,1H3,(H,7,8)(H,9,10);1,4-5H. The van der Waals surface area contributed by atoms with E-state index in [1.165, 1.54) is 11.9 Å². The van der Waals surface area contributed by atoms with Crippen molar-refractivity contribution < 1.29 is 29.9 Å². The molecule has 0 unspecified atom stereocenters. The molecule has 15 heavy (non-hydrogen) atoms. The minimum Gasteiger partial charge on any atom is -0.480 e. The molecule has 0 atom stereocenters. The van der Waals surface area contributed by atoms with Crippen LogP contribution in [0.25, 0.3) is 0 Å². The molecule has 84 valence electrons. The van der Waals surface area contributed by atoms with E-state index >= 15 is 0 Å². The molecule has 0 saturated carbocycles. The first-order valence-corrected chi connectivity index (χ1v) is 3.74. The van der Waals surface area contributed by atoms with Gasteiger partial charge in [0.25, 0.3) is 0 Å². The summed E-state index contributed by atoms with van der Waals surface area (Å²) in [6, 6.07) is 0. The van der Waals surface area contributed by atoms with Crippen LogP contribution in [0.4, 0.5) is 0 Å². The molecule has 0 rings (SSSR count). The van der Waals surface area contributed by atoms with Gasteiger partial charge in [-0.25, -0.2) is 0 Å². The SMILES string of the molecule is C#CB(O)O.CN(CC(=O)O)CC(=O)O. The number of aliphatic carboxylic acids is 2. The van der Waals surface area contributed by atoms with Crippen LogP contribution in [-0.4, -0.2) is 64.4 Å². The summed E-state index contributed by atoms with van der Waals surface area (Å²) in [7, 11) is -0.155. The predicted octanol–water partition coefficient (Wildman–Crippen LogP) is -2.28. The highest BCUT2D eigenvalue weighted by molar-refractivity contribution is 6.51. The fraction of sp³-hybridized carbons (Fsp3) is 0.429. The number of likely N-dealkylation sites (N-methyl/N-ethyl adjacent to an activating group) is 1. The predicted molar refractivity (Wildman–Crippen MR) is 51.8 cm³/mol. The third-order valence-corrected chi connectivity index (χ3v) is 0.959. The molecule has 4 N–H and O–H groups in total. The summed E-state index contributed by atoms with van der Waals surface area (Å²) in [5.74, 6) is -0.410. The maximum absolute atomic E-state index is 9.96. The smallest absolute Gasteiger partial charge is 0.480 e. The molecule has 7 nitrogen and oxygen atoms in total. The molecule has 8 heteroatoms. The first kappa shape index (κ1) is 15.9. The van der Waals surface area contributed by atoms with Crippen molar-refractivity contribution in [3.63, 3.8) is 0 Å². The topological polar surface area (TPSA) is 118 Å². The molecule has 0 aromatic carbocycles. The van der Waals surface area contributed by atoms with E-state index < -0.39 is 19.1 Å². The molecule has 0 aliphatic heterocycles. The molecule has 0 fully saturated rings. The first-order chi connectivity index (χ1) is 6.79. The van der Waals surface area contributed by atoms with E-state index in [4.69, 9.17) is 20.3 Å². The van der Waals surface area contributed by atoms with Crippen LogP contribution in [0.5, 0.6) is 0 Å². The third kappa shape index (κ3) is 19.0. The maximum Gasteiger partial charge on any atom is 0.544 e. The van der Waals surface area contributed by atoms with Crippen molar-refractivity contribution >= 4 is 19.1 Å². The van der Waals surface area contributed by atoms with Gasteiger partial charge in [0.2, 0.25) is 0 Å². The number of hydrogen-bond acceptors (Lipinski definition) is 5. The average Bonchev–Trinajstić information content (AvgIpc) is 2.01. The van der Waals surface area contributed by atoms with Crippen LogP contribution < -0.4 is 0 Å². The molecule has 0 saturated heterocycles. The molecule has 0 amide bonds. The Kier molecular flexibility index (Phi) is 9.56. The first-order valence-electron chi connectivity index (χ1n) is 3.74. The van der Waals surface area contributed by atoms with Crippen molar-refractivity contribution in [3.8, 4) is 12.2 Å². The van der Waals surface area contributed by atoms with Crippen LogP contribution in [0.3, 0.4) is 0 Å². The molecule has 0 aliphatic carbocycles. The van der Waals surface area contributed by atoms with E-state index in [9.17, 15) is 9.59 Å². The molecule has 0 bridgehead atoms. The summed E-state index contributed by atoms with van der Waals surface area (Å²) < 4.78 is 0. The van der Waals surface area contributed by atoms with Crippen LogP contribution in [0.2, 0.25) is 0 Å². The molecule has 0 heterocycles. The lowest BCUT2D eigenvalue weighted by Crippen LogP contribution is -2.30. The Labute approximate surface area is 87.1 Å². The van der Waals surface area contributed by atoms with Crippen LogP contribution in [-0.2, 0) is 9.59 Å². The number of nitrogens with zero attached hydrogens (tertiary/aromatic N) is 1. The Bertz CT molecular complexity index is 232. The fourth-order valence-electron chi connectivity index (χ4n) is 0.518. The van der Waals surface area contributed by atoms with Crippen LogP contribution in [0.15, 0.2) is 0 Å². The molecule has 0 aliphatic rings. The lowest BCUT2D eigenvalue weighted by atomic mass is 9.95. The van der Waals surface area contributed by atoms with Gasteiger partial charge in [-0.1, -0.05) is 5.82 Å². The summed E-state index contributed by atoms with van der Waals surface area (Å²) in [5, 5.41) is 31.7. The second-order valence-corrected chi connectivity index (χ2v) is 2.50. The molecular weight excluding hydrogens is 205 g/mol. The molecule has 0 radical (unpaired) electrons. The number of hydrogen-bond donors (Lipinski definition) is 4. The van der Waals surface area contributed by atoms with Gasteiger partial charge in [0, 0.05) is 0 Å². The summed E-state index contributed by atoms with van der Waals surface area (Å²) in [5.41, 5.74) is 0. The molecular formula is C7H12BNO6. The Hall–Kier alpha value is -1.56. The van der Waals surface area contributed by atoms with Gasteiger partial charge in [-0.2, -0.15) is 0 Å². The van der Waals surface area contributed by atoms with Crippen LogP contribution in [0.1, 0.15) is 0 Å². The minimum atomic E-state index is -1.59. The van der Waals surface area contributed by atoms with Gasteiger partial charge < -0.3 is 20.3 Å². The van der Waals surface area contributed by atoms with Crippen molar-refractivity contribution in [2.24, 2.45) is 0 Å². The Morgan fingerprint density at radius 1 is 1.27 bits per heavy atom. The van der Waals surface area contributed by atoms with E-state index in [1.54, 1.807) is 5.82 Å². The van der Waals surface area contributed by atoms with Crippen LogP contribution in [0, 0.1) is 12.2 Å². The zero-order chi connectivity index (χ0) is 12.4. The van der Waals surface area contributed by atoms with Crippen molar-refractivity contribution in [2.75, 3.05) is 20.1 Å². The highest BCUT2D eigenvalue weighted by atomic mass is 16.4. The van der Waals surface area contributed by atoms with E-state index in [0.717, 1.165) is 0 Å². The second kappa shape index (κ2) is 9.02. The van der Waals surface area contributed by atoms with Crippen molar-refractivity contribution in [1.82, 2.24) is 4.90 Å². The quantitative estimate of drug-likeness (QED) is 0.309. The monoisotopic (exact) mass is 217 g/mol. The lowest BCUT2D eigenvalue weighted by molar-refractivity contribution is -0.141. The number of rotatable bonds is 4. The Morgan fingerprint density at radius 2 is 1.53 bits per heavy atom. The van der Waals surface area contributed by atoms with Gasteiger partial charge in [0.1, 0.15) is 0 Å². The highest BCUT2D eigenvalue weighted by Gasteiger charge is 2.06. The van der Waals surface area contributed by atoms with Gasteiger partial charge in [-0.05, 0) is 7.05 Å². The van der Waals surface area contributed by atoms with Gasteiger partial charge in [-0.15, -0.1) is 6.42 Å². The number of terminal acetylenes is 1. The zero-order valence-corrected chi connectivity index (χ0v) is 8.12. The van der Waals surface area contributed by atoms with Gasteiger partial charge in [0.15, 0.2) is 0 Å². The third-order valence-electron chi connectivity index (χ3n) is 0.959. The summed E-state index contributed by atoms with van der Waals surface area (Å²) in [6.45, 7) is -0.488. The Morgan fingerprint density at radius 3 is 1.67 bits per heavy atom. The van der Waals surface area contributed by atoms with Gasteiger partial charge >= 0.3 is 19.1 Å². The molecule has 0 spiro atoms. The normalized spacial score (nSPS) is 8.47. The zero-order valence-electron chi connectivity index (χ0n) is 8.12. The largest absolute Gasteiger partial charge is 0.544 e. The Balaban J connectivity index is 0. The summed E-state index contributed by atoms with van der Waals surface area (Å²) in [4.78, 5) is 21.1. The van der Waals surface area contributed by atoms with E-state index in [0.29, 0.717) is 0 Å². The van der Waals surface area contributed by atoms with Gasteiger partial charge in [0.05, 0.1) is 13.1 Å². The van der Waals surface area contributed by atoms with Crippen molar-refractivity contribution in [3.05, 3.63) is 0 Å². The van der Waals surface area contributed by atoms with Gasteiger partial charge in [-0.3, -0.25) is 14.5 Å². The molecule has 0 aromatic heterocycles. The summed E-state index contributed by atoms with van der Waals surface area (Å²) in [6.07, 6.45) is 4.42. The summed E-state index contributed by atoms with van der Waals surface area (Å²) >= 11 is 0. The van der Waals surface area contributed by atoms with E-state index in [2.05, 4.69) is 6.42 Å². The highest BCUT2D eigenvalue weighted by Crippen LogP contribution is 1.80. The number of carbonyl (C=O) groups is 2. The van der Waals surface area contributed by atoms with E-state index in [-0.39, 0.29) is 13.1 Å². The number of carboxylic acid groups (broad SMARTS) is 2. The molecule has 0 aromatic rings. The van der Waals surface area contributed by atoms with Crippen molar-refractivity contribution in [1.29, 1.82) is 0 Å². The number of carboxylic acids is 2. The lowest BCUT2D eigenvalue weighted by Gasteiger charge is -2.08. The van der Waals surface area contributed by atoms with Crippen molar-refractivity contribution in [2.45, 2.75) is 0 Å². The second-order valence-electron chi connectivity index (χ2n) is 2.50.